The van der Waals surface area contributed by atoms with Crippen LogP contribution < -0.4 is 5.56 Å². The monoisotopic (exact) mass is 486 g/mol. The summed E-state index contributed by atoms with van der Waals surface area (Å²) in [5.74, 6) is 1.15. The smallest absolute Gasteiger partial charge is 0.268 e. The lowest BCUT2D eigenvalue weighted by Crippen LogP contribution is -2.22. The van der Waals surface area contributed by atoms with Crippen molar-refractivity contribution in [2.24, 2.45) is 0 Å². The molecular formula is C25H21F3N2OS2. The molecule has 8 heteroatoms. The standard InChI is InChI=1S/C25H21F3N2OS2/c1-16-10-11-19(14-17(16)2)30-23(31)21-8-3-4-9-22(21)29-24(30)33-13-12-32-20-7-5-6-18(15-20)25(26,27)28/h3-11,14-15H,12-13H2,1-2H3. The van der Waals surface area contributed by atoms with Gasteiger partial charge in [-0.3, -0.25) is 9.36 Å². The number of nitrogens with zero attached hydrogens (tertiary/aromatic N) is 2. The molecule has 0 amide bonds. The molecular weight excluding hydrogens is 465 g/mol. The molecule has 0 bridgehead atoms. The first-order valence-corrected chi connectivity index (χ1v) is 12.2. The summed E-state index contributed by atoms with van der Waals surface area (Å²) in [6.45, 7) is 4.01. The Morgan fingerprint density at radius 2 is 1.64 bits per heavy atom. The van der Waals surface area contributed by atoms with E-state index in [4.69, 9.17) is 4.98 Å². The molecule has 3 aromatic carbocycles. The highest BCUT2D eigenvalue weighted by molar-refractivity contribution is 8.02. The number of para-hydroxylation sites is 1. The largest absolute Gasteiger partial charge is 0.416 e. The number of hydrogen-bond acceptors (Lipinski definition) is 4. The van der Waals surface area contributed by atoms with E-state index in [1.165, 1.54) is 29.6 Å². The quantitative estimate of drug-likeness (QED) is 0.169. The minimum absolute atomic E-state index is 0.142. The van der Waals surface area contributed by atoms with Crippen LogP contribution in [0.2, 0.25) is 0 Å². The van der Waals surface area contributed by atoms with Gasteiger partial charge in [0.15, 0.2) is 5.16 Å². The lowest BCUT2D eigenvalue weighted by Gasteiger charge is -2.14. The average molecular weight is 487 g/mol. The summed E-state index contributed by atoms with van der Waals surface area (Å²) in [5.41, 5.74) is 2.78. The fraction of sp³-hybridized carbons (Fsp3) is 0.200. The molecule has 0 N–H and O–H groups in total. The summed E-state index contributed by atoms with van der Waals surface area (Å²) in [7, 11) is 0. The molecule has 4 aromatic rings. The highest BCUT2D eigenvalue weighted by Crippen LogP contribution is 2.32. The van der Waals surface area contributed by atoms with Crippen LogP contribution in [0.15, 0.2) is 81.6 Å². The maximum Gasteiger partial charge on any atom is 0.416 e. The summed E-state index contributed by atoms with van der Waals surface area (Å²) in [5, 5.41) is 1.10. The van der Waals surface area contributed by atoms with E-state index < -0.39 is 11.7 Å². The maximum absolute atomic E-state index is 13.3. The SMILES string of the molecule is Cc1ccc(-n2c(SCCSc3cccc(C(F)(F)F)c3)nc3ccccc3c2=O)cc1C. The van der Waals surface area contributed by atoms with Crippen molar-refractivity contribution in [3.05, 3.63) is 93.8 Å². The van der Waals surface area contributed by atoms with Crippen LogP contribution >= 0.6 is 23.5 Å². The molecule has 0 unspecified atom stereocenters. The van der Waals surface area contributed by atoms with Gasteiger partial charge in [-0.25, -0.2) is 4.98 Å². The summed E-state index contributed by atoms with van der Waals surface area (Å²) >= 11 is 2.77. The minimum Gasteiger partial charge on any atom is -0.268 e. The number of thioether (sulfide) groups is 2. The van der Waals surface area contributed by atoms with Gasteiger partial charge in [0.1, 0.15) is 0 Å². The Balaban J connectivity index is 1.59. The molecule has 1 aromatic heterocycles. The number of hydrogen-bond donors (Lipinski definition) is 0. The zero-order chi connectivity index (χ0) is 23.6. The molecule has 3 nitrogen and oxygen atoms in total. The first-order valence-electron chi connectivity index (χ1n) is 10.3. The van der Waals surface area contributed by atoms with Crippen molar-refractivity contribution in [3.63, 3.8) is 0 Å². The van der Waals surface area contributed by atoms with Gasteiger partial charge in [-0.1, -0.05) is 36.0 Å². The van der Waals surface area contributed by atoms with Gasteiger partial charge in [-0.15, -0.1) is 11.8 Å². The summed E-state index contributed by atoms with van der Waals surface area (Å²) in [6, 6.07) is 18.4. The van der Waals surface area contributed by atoms with E-state index in [9.17, 15) is 18.0 Å². The fourth-order valence-corrected chi connectivity index (χ4v) is 5.31. The number of rotatable bonds is 6. The Morgan fingerprint density at radius 1 is 0.879 bits per heavy atom. The van der Waals surface area contributed by atoms with Crippen LogP contribution in [0.5, 0.6) is 0 Å². The van der Waals surface area contributed by atoms with E-state index >= 15 is 0 Å². The second-order valence-corrected chi connectivity index (χ2v) is 9.77. The van der Waals surface area contributed by atoms with Gasteiger partial charge in [0.05, 0.1) is 22.2 Å². The van der Waals surface area contributed by atoms with Crippen LogP contribution in [0.3, 0.4) is 0 Å². The molecule has 0 aliphatic carbocycles. The van der Waals surface area contributed by atoms with E-state index in [0.29, 0.717) is 32.5 Å². The predicted molar refractivity (Wildman–Crippen MR) is 130 cm³/mol. The summed E-state index contributed by atoms with van der Waals surface area (Å²) in [6.07, 6.45) is -4.36. The van der Waals surface area contributed by atoms with Crippen molar-refractivity contribution in [1.29, 1.82) is 0 Å². The van der Waals surface area contributed by atoms with Crippen molar-refractivity contribution in [3.8, 4) is 5.69 Å². The highest BCUT2D eigenvalue weighted by Gasteiger charge is 2.30. The van der Waals surface area contributed by atoms with E-state index in [1.54, 1.807) is 16.7 Å². The van der Waals surface area contributed by atoms with Crippen LogP contribution in [-0.4, -0.2) is 21.1 Å². The molecule has 4 rings (SSSR count). The van der Waals surface area contributed by atoms with Crippen molar-refractivity contribution >= 4 is 34.4 Å². The van der Waals surface area contributed by atoms with Crippen LogP contribution in [-0.2, 0) is 6.18 Å². The topological polar surface area (TPSA) is 34.9 Å². The molecule has 0 spiro atoms. The molecule has 0 aliphatic rings. The van der Waals surface area contributed by atoms with Crippen LogP contribution in [0.1, 0.15) is 16.7 Å². The first kappa shape index (κ1) is 23.4. The number of fused-ring (bicyclic) bond motifs is 1. The van der Waals surface area contributed by atoms with Gasteiger partial charge in [0.2, 0.25) is 0 Å². The van der Waals surface area contributed by atoms with Crippen molar-refractivity contribution in [2.75, 3.05) is 11.5 Å². The van der Waals surface area contributed by atoms with Gasteiger partial charge in [-0.05, 0) is 67.4 Å². The Labute approximate surface area is 198 Å². The van der Waals surface area contributed by atoms with E-state index in [-0.39, 0.29) is 5.56 Å². The number of benzene rings is 3. The maximum atomic E-state index is 13.3. The van der Waals surface area contributed by atoms with Gasteiger partial charge in [0, 0.05) is 16.4 Å². The van der Waals surface area contributed by atoms with Crippen molar-refractivity contribution < 1.29 is 13.2 Å². The highest BCUT2D eigenvalue weighted by atomic mass is 32.2. The predicted octanol–water partition coefficient (Wildman–Crippen LogP) is 6.91. The van der Waals surface area contributed by atoms with Crippen molar-refractivity contribution in [2.45, 2.75) is 30.1 Å². The molecule has 1 heterocycles. The first-order chi connectivity index (χ1) is 15.7. The van der Waals surface area contributed by atoms with Crippen LogP contribution in [0, 0.1) is 13.8 Å². The average Bonchev–Trinajstić information content (AvgIpc) is 2.79. The lowest BCUT2D eigenvalue weighted by atomic mass is 10.1. The molecule has 0 aliphatic heterocycles. The fourth-order valence-electron chi connectivity index (χ4n) is 3.36. The Bertz CT molecular complexity index is 1370. The van der Waals surface area contributed by atoms with E-state index in [0.717, 1.165) is 28.9 Å². The Hall–Kier alpha value is -2.71. The van der Waals surface area contributed by atoms with Gasteiger partial charge >= 0.3 is 6.18 Å². The van der Waals surface area contributed by atoms with Gasteiger partial charge in [0.25, 0.3) is 5.56 Å². The van der Waals surface area contributed by atoms with E-state index in [2.05, 4.69) is 0 Å². The van der Waals surface area contributed by atoms with Gasteiger partial charge < -0.3 is 0 Å². The molecule has 0 atom stereocenters. The second-order valence-electron chi connectivity index (χ2n) is 7.54. The third kappa shape index (κ3) is 5.28. The normalized spacial score (nSPS) is 11.8. The van der Waals surface area contributed by atoms with Crippen LogP contribution in [0.25, 0.3) is 16.6 Å². The molecule has 0 saturated carbocycles. The summed E-state index contributed by atoms with van der Waals surface area (Å²) < 4.78 is 40.5. The third-order valence-electron chi connectivity index (χ3n) is 5.24. The Kier molecular flexibility index (Phi) is 6.86. The zero-order valence-electron chi connectivity index (χ0n) is 18.0. The molecule has 0 radical (unpaired) electrons. The van der Waals surface area contributed by atoms with Gasteiger partial charge in [-0.2, -0.15) is 13.2 Å². The molecule has 170 valence electrons. The second kappa shape index (κ2) is 9.65. The number of alkyl halides is 3. The van der Waals surface area contributed by atoms with E-state index in [1.807, 2.05) is 50.2 Å². The van der Waals surface area contributed by atoms with Crippen molar-refractivity contribution in [1.82, 2.24) is 9.55 Å². The van der Waals surface area contributed by atoms with Crippen LogP contribution in [0.4, 0.5) is 13.2 Å². The number of aryl methyl sites for hydroxylation is 2. The summed E-state index contributed by atoms with van der Waals surface area (Å²) in [4.78, 5) is 18.6. The molecule has 0 saturated heterocycles. The molecule has 33 heavy (non-hydrogen) atoms. The number of aromatic nitrogens is 2. The number of halogens is 3. The third-order valence-corrected chi connectivity index (χ3v) is 7.43. The zero-order valence-corrected chi connectivity index (χ0v) is 19.7. The Morgan fingerprint density at radius 3 is 2.39 bits per heavy atom. The lowest BCUT2D eigenvalue weighted by molar-refractivity contribution is -0.137. The minimum atomic E-state index is -4.36. The molecule has 0 fully saturated rings.